The fourth-order valence-electron chi connectivity index (χ4n) is 1.77. The Morgan fingerprint density at radius 2 is 2.08 bits per heavy atom. The van der Waals surface area contributed by atoms with Crippen molar-refractivity contribution < 1.29 is 0 Å². The summed E-state index contributed by atoms with van der Waals surface area (Å²) in [5.41, 5.74) is 3.85. The van der Waals surface area contributed by atoms with Gasteiger partial charge in [0.25, 0.3) is 0 Å². The third-order valence-electron chi connectivity index (χ3n) is 2.37. The van der Waals surface area contributed by atoms with Crippen molar-refractivity contribution in [3.63, 3.8) is 0 Å². The Labute approximate surface area is 83.2 Å². The van der Waals surface area contributed by atoms with E-state index in [0.717, 1.165) is 18.0 Å². The molecular weight excluding hydrogens is 180 g/mol. The standard InChI is InChI=1S/C10H14N2S/c1-7-9-4-3-5-13-6-10(9)12-8(2)11-7/h3-6H2,1-2H3. The molecule has 13 heavy (non-hydrogen) atoms. The summed E-state index contributed by atoms with van der Waals surface area (Å²) in [6.45, 7) is 4.08. The molecule has 0 amide bonds. The molecule has 0 bridgehead atoms. The van der Waals surface area contributed by atoms with Gasteiger partial charge in [0.2, 0.25) is 0 Å². The quantitative estimate of drug-likeness (QED) is 0.633. The van der Waals surface area contributed by atoms with E-state index in [1.165, 1.54) is 29.1 Å². The maximum absolute atomic E-state index is 4.50. The van der Waals surface area contributed by atoms with Crippen LogP contribution in [0.5, 0.6) is 0 Å². The lowest BCUT2D eigenvalue weighted by atomic mass is 10.1. The second-order valence-electron chi connectivity index (χ2n) is 3.44. The Balaban J connectivity index is 2.47. The Morgan fingerprint density at radius 3 is 2.92 bits per heavy atom. The molecule has 3 heteroatoms. The second-order valence-corrected chi connectivity index (χ2v) is 4.54. The molecule has 0 spiro atoms. The van der Waals surface area contributed by atoms with Crippen molar-refractivity contribution in [2.45, 2.75) is 32.4 Å². The molecule has 0 fully saturated rings. The topological polar surface area (TPSA) is 25.8 Å². The van der Waals surface area contributed by atoms with E-state index in [2.05, 4.69) is 16.9 Å². The van der Waals surface area contributed by atoms with Crippen LogP contribution in [0, 0.1) is 13.8 Å². The number of rotatable bonds is 0. The number of thioether (sulfide) groups is 1. The molecule has 0 aromatic carbocycles. The van der Waals surface area contributed by atoms with Crippen LogP contribution in [0.15, 0.2) is 0 Å². The number of hydrogen-bond donors (Lipinski definition) is 0. The minimum Gasteiger partial charge on any atom is -0.238 e. The van der Waals surface area contributed by atoms with E-state index in [9.17, 15) is 0 Å². The average Bonchev–Trinajstić information content (AvgIpc) is 2.28. The van der Waals surface area contributed by atoms with Crippen LogP contribution < -0.4 is 0 Å². The smallest absolute Gasteiger partial charge is 0.125 e. The average molecular weight is 194 g/mol. The summed E-state index contributed by atoms with van der Waals surface area (Å²) in [7, 11) is 0. The van der Waals surface area contributed by atoms with Crippen LogP contribution in [0.3, 0.4) is 0 Å². The maximum atomic E-state index is 4.50. The summed E-state index contributed by atoms with van der Waals surface area (Å²) in [6.07, 6.45) is 2.43. The van der Waals surface area contributed by atoms with E-state index >= 15 is 0 Å². The fourth-order valence-corrected chi connectivity index (χ4v) is 2.70. The summed E-state index contributed by atoms with van der Waals surface area (Å²) in [5.74, 6) is 3.24. The van der Waals surface area contributed by atoms with Crippen molar-refractivity contribution in [2.75, 3.05) is 5.75 Å². The minimum atomic E-state index is 0.916. The molecule has 0 saturated carbocycles. The first-order chi connectivity index (χ1) is 6.27. The third kappa shape index (κ3) is 1.85. The zero-order valence-electron chi connectivity index (χ0n) is 8.13. The van der Waals surface area contributed by atoms with Crippen LogP contribution in [0.2, 0.25) is 0 Å². The van der Waals surface area contributed by atoms with E-state index < -0.39 is 0 Å². The van der Waals surface area contributed by atoms with E-state index in [1.807, 2.05) is 18.7 Å². The van der Waals surface area contributed by atoms with Crippen molar-refractivity contribution >= 4 is 11.8 Å². The van der Waals surface area contributed by atoms with Gasteiger partial charge in [-0.25, -0.2) is 9.97 Å². The van der Waals surface area contributed by atoms with E-state index in [-0.39, 0.29) is 0 Å². The van der Waals surface area contributed by atoms with Crippen molar-refractivity contribution in [3.8, 4) is 0 Å². The van der Waals surface area contributed by atoms with Crippen molar-refractivity contribution in [1.29, 1.82) is 0 Å². The van der Waals surface area contributed by atoms with Crippen LogP contribution in [0.25, 0.3) is 0 Å². The van der Waals surface area contributed by atoms with Gasteiger partial charge in [0.05, 0.1) is 5.69 Å². The molecule has 0 atom stereocenters. The molecule has 0 radical (unpaired) electrons. The number of aryl methyl sites for hydroxylation is 2. The first-order valence-electron chi connectivity index (χ1n) is 4.68. The monoisotopic (exact) mass is 194 g/mol. The molecule has 70 valence electrons. The SMILES string of the molecule is Cc1nc(C)c2c(n1)CSCCC2. The Kier molecular flexibility index (Phi) is 2.54. The third-order valence-corrected chi connectivity index (χ3v) is 3.42. The van der Waals surface area contributed by atoms with Gasteiger partial charge in [0.15, 0.2) is 0 Å². The molecule has 1 aromatic heterocycles. The normalized spacial score (nSPS) is 16.5. The lowest BCUT2D eigenvalue weighted by Crippen LogP contribution is -2.03. The molecule has 0 N–H and O–H groups in total. The minimum absolute atomic E-state index is 0.916. The summed E-state index contributed by atoms with van der Waals surface area (Å²) in [4.78, 5) is 8.91. The molecule has 2 rings (SSSR count). The highest BCUT2D eigenvalue weighted by Crippen LogP contribution is 2.23. The molecule has 2 heterocycles. The Morgan fingerprint density at radius 1 is 1.23 bits per heavy atom. The molecule has 1 aromatic rings. The predicted molar refractivity (Wildman–Crippen MR) is 56.0 cm³/mol. The van der Waals surface area contributed by atoms with Gasteiger partial charge < -0.3 is 0 Å². The summed E-state index contributed by atoms with van der Waals surface area (Å²) in [5, 5.41) is 0. The lowest BCUT2D eigenvalue weighted by Gasteiger charge is -2.07. The molecular formula is C10H14N2S. The number of aromatic nitrogens is 2. The van der Waals surface area contributed by atoms with Gasteiger partial charge in [-0.1, -0.05) is 0 Å². The summed E-state index contributed by atoms with van der Waals surface area (Å²) in [6, 6.07) is 0. The lowest BCUT2D eigenvalue weighted by molar-refractivity contribution is 0.862. The van der Waals surface area contributed by atoms with E-state index in [4.69, 9.17) is 0 Å². The first kappa shape index (κ1) is 9.00. The zero-order chi connectivity index (χ0) is 9.26. The largest absolute Gasteiger partial charge is 0.238 e. The van der Waals surface area contributed by atoms with Crippen molar-refractivity contribution in [1.82, 2.24) is 9.97 Å². The fraction of sp³-hybridized carbons (Fsp3) is 0.600. The van der Waals surface area contributed by atoms with Gasteiger partial charge in [-0.15, -0.1) is 0 Å². The molecule has 0 saturated heterocycles. The first-order valence-corrected chi connectivity index (χ1v) is 5.83. The predicted octanol–water partition coefficient (Wildman–Crippen LogP) is 2.27. The van der Waals surface area contributed by atoms with Crippen LogP contribution >= 0.6 is 11.8 Å². The highest BCUT2D eigenvalue weighted by Gasteiger charge is 2.12. The Bertz CT molecular complexity index is 323. The molecule has 0 unspecified atom stereocenters. The van der Waals surface area contributed by atoms with Crippen LogP contribution in [-0.4, -0.2) is 15.7 Å². The van der Waals surface area contributed by atoms with Gasteiger partial charge in [0, 0.05) is 11.4 Å². The van der Waals surface area contributed by atoms with E-state index in [0.29, 0.717) is 0 Å². The summed E-state index contributed by atoms with van der Waals surface area (Å²) >= 11 is 1.99. The molecule has 1 aliphatic heterocycles. The van der Waals surface area contributed by atoms with Crippen molar-refractivity contribution in [2.24, 2.45) is 0 Å². The number of nitrogens with zero attached hydrogens (tertiary/aromatic N) is 2. The molecule has 0 aliphatic carbocycles. The van der Waals surface area contributed by atoms with Crippen LogP contribution in [-0.2, 0) is 12.2 Å². The summed E-state index contributed by atoms with van der Waals surface area (Å²) < 4.78 is 0. The zero-order valence-corrected chi connectivity index (χ0v) is 8.95. The van der Waals surface area contributed by atoms with Crippen molar-refractivity contribution in [3.05, 3.63) is 22.8 Å². The van der Waals surface area contributed by atoms with Gasteiger partial charge in [-0.05, 0) is 38.0 Å². The molecule has 2 nitrogen and oxygen atoms in total. The molecule has 1 aliphatic rings. The van der Waals surface area contributed by atoms with Crippen LogP contribution in [0.4, 0.5) is 0 Å². The van der Waals surface area contributed by atoms with Gasteiger partial charge >= 0.3 is 0 Å². The Hall–Kier alpha value is -0.570. The number of hydrogen-bond acceptors (Lipinski definition) is 3. The van der Waals surface area contributed by atoms with Crippen LogP contribution in [0.1, 0.15) is 29.2 Å². The highest BCUT2D eigenvalue weighted by molar-refractivity contribution is 7.98. The van der Waals surface area contributed by atoms with Gasteiger partial charge in [-0.3, -0.25) is 0 Å². The maximum Gasteiger partial charge on any atom is 0.125 e. The van der Waals surface area contributed by atoms with E-state index in [1.54, 1.807) is 0 Å². The number of fused-ring (bicyclic) bond motifs is 1. The van der Waals surface area contributed by atoms with Gasteiger partial charge in [-0.2, -0.15) is 11.8 Å². The van der Waals surface area contributed by atoms with Gasteiger partial charge in [0.1, 0.15) is 5.82 Å². The highest BCUT2D eigenvalue weighted by atomic mass is 32.2. The second kappa shape index (κ2) is 3.66.